The number of hydrogen-bond donors (Lipinski definition) is 1. The van der Waals surface area contributed by atoms with Crippen molar-refractivity contribution in [3.63, 3.8) is 0 Å². The van der Waals surface area contributed by atoms with E-state index in [2.05, 4.69) is 39.1 Å². The van der Waals surface area contributed by atoms with Crippen molar-refractivity contribution in [1.82, 2.24) is 5.32 Å². The highest BCUT2D eigenvalue weighted by Gasteiger charge is 2.30. The molecule has 0 aromatic carbocycles. The van der Waals surface area contributed by atoms with Gasteiger partial charge in [-0.25, -0.2) is 0 Å². The van der Waals surface area contributed by atoms with Crippen molar-refractivity contribution >= 4 is 0 Å². The van der Waals surface area contributed by atoms with Gasteiger partial charge in [-0.05, 0) is 38.5 Å². The van der Waals surface area contributed by atoms with E-state index in [0.29, 0.717) is 0 Å². The molecule has 0 aromatic rings. The quantitative estimate of drug-likeness (QED) is 0.657. The van der Waals surface area contributed by atoms with Gasteiger partial charge in [0.25, 0.3) is 0 Å². The number of hydrogen-bond acceptors (Lipinski definition) is 1. The summed E-state index contributed by atoms with van der Waals surface area (Å²) in [7, 11) is 0. The number of allylic oxidation sites excluding steroid dienone is 1. The molecule has 1 nitrogen and oxygen atoms in total. The zero-order chi connectivity index (χ0) is 9.84. The van der Waals surface area contributed by atoms with Gasteiger partial charge in [-0.3, -0.25) is 0 Å². The third-order valence-electron chi connectivity index (χ3n) is 3.03. The molecule has 1 heteroatoms. The fourth-order valence-electron chi connectivity index (χ4n) is 1.80. The lowest BCUT2D eigenvalue weighted by atomic mass is 9.74. The minimum Gasteiger partial charge on any atom is -0.310 e. The Hall–Kier alpha value is -0.300. The summed E-state index contributed by atoms with van der Waals surface area (Å²) < 4.78 is 0. The van der Waals surface area contributed by atoms with Crippen molar-refractivity contribution in [3.05, 3.63) is 11.6 Å². The second kappa shape index (κ2) is 4.80. The van der Waals surface area contributed by atoms with Crippen molar-refractivity contribution in [2.24, 2.45) is 11.8 Å². The van der Waals surface area contributed by atoms with Gasteiger partial charge >= 0.3 is 0 Å². The van der Waals surface area contributed by atoms with E-state index < -0.39 is 0 Å². The van der Waals surface area contributed by atoms with Crippen LogP contribution in [-0.4, -0.2) is 12.6 Å². The smallest absolute Gasteiger partial charge is 0.0139 e. The maximum absolute atomic E-state index is 3.56. The van der Waals surface area contributed by atoms with Gasteiger partial charge in [-0.15, -0.1) is 0 Å². The molecule has 1 rings (SSSR count). The van der Waals surface area contributed by atoms with Gasteiger partial charge in [0.1, 0.15) is 0 Å². The van der Waals surface area contributed by atoms with E-state index in [9.17, 15) is 0 Å². The summed E-state index contributed by atoms with van der Waals surface area (Å²) in [5.41, 5.74) is 1.41. The molecule has 0 aromatic heterocycles. The van der Waals surface area contributed by atoms with Crippen LogP contribution >= 0.6 is 0 Å². The summed E-state index contributed by atoms with van der Waals surface area (Å²) in [5.74, 6) is 1.85. The summed E-state index contributed by atoms with van der Waals surface area (Å²) in [6.07, 6.45) is 5.03. The molecule has 0 bridgehead atoms. The first-order valence-electron chi connectivity index (χ1n) is 5.46. The first-order valence-corrected chi connectivity index (χ1v) is 5.46. The molecule has 0 unspecified atom stereocenters. The van der Waals surface area contributed by atoms with Crippen molar-refractivity contribution in [2.75, 3.05) is 6.54 Å². The van der Waals surface area contributed by atoms with Gasteiger partial charge in [0.2, 0.25) is 0 Å². The monoisotopic (exact) mass is 181 g/mol. The van der Waals surface area contributed by atoms with Gasteiger partial charge in [-0.2, -0.15) is 0 Å². The molecular weight excluding hydrogens is 158 g/mol. The van der Waals surface area contributed by atoms with E-state index in [1.165, 1.54) is 18.4 Å². The van der Waals surface area contributed by atoms with Crippen LogP contribution in [0.5, 0.6) is 0 Å². The summed E-state index contributed by atoms with van der Waals surface area (Å²) in [5, 5.41) is 3.56. The van der Waals surface area contributed by atoms with Crippen LogP contribution in [0.25, 0.3) is 0 Å². The molecular formula is C12H23N. The van der Waals surface area contributed by atoms with E-state index in [-0.39, 0.29) is 0 Å². The fraction of sp³-hybridized carbons (Fsp3) is 0.833. The molecule has 1 aliphatic rings. The highest BCUT2D eigenvalue weighted by molar-refractivity contribution is 4.96. The zero-order valence-electron chi connectivity index (χ0n) is 9.43. The average molecular weight is 181 g/mol. The molecule has 1 N–H and O–H groups in total. The molecule has 0 heterocycles. The second-order valence-electron chi connectivity index (χ2n) is 4.86. The van der Waals surface area contributed by atoms with Crippen molar-refractivity contribution in [2.45, 2.75) is 46.6 Å². The summed E-state index contributed by atoms with van der Waals surface area (Å²) >= 11 is 0. The highest BCUT2D eigenvalue weighted by atomic mass is 14.9. The Morgan fingerprint density at radius 3 is 2.46 bits per heavy atom. The van der Waals surface area contributed by atoms with Crippen LogP contribution in [0.15, 0.2) is 11.6 Å². The molecule has 13 heavy (non-hydrogen) atoms. The van der Waals surface area contributed by atoms with E-state index >= 15 is 0 Å². The normalized spacial score (nSPS) is 27.2. The highest BCUT2D eigenvalue weighted by Crippen LogP contribution is 2.33. The molecule has 1 fully saturated rings. The molecule has 1 aliphatic carbocycles. The molecule has 0 atom stereocenters. The molecule has 0 amide bonds. The Morgan fingerprint density at radius 1 is 1.38 bits per heavy atom. The van der Waals surface area contributed by atoms with E-state index in [1.54, 1.807) is 0 Å². The summed E-state index contributed by atoms with van der Waals surface area (Å²) in [6.45, 7) is 10.0. The van der Waals surface area contributed by atoms with Gasteiger partial charge in [0.05, 0.1) is 0 Å². The lowest BCUT2D eigenvalue weighted by Crippen LogP contribution is -2.43. The first-order chi connectivity index (χ1) is 6.09. The molecule has 0 saturated heterocycles. The third kappa shape index (κ3) is 3.51. The van der Waals surface area contributed by atoms with Gasteiger partial charge in [0, 0.05) is 12.6 Å². The van der Waals surface area contributed by atoms with Crippen LogP contribution in [0.4, 0.5) is 0 Å². The summed E-state index contributed by atoms with van der Waals surface area (Å²) in [6, 6.07) is 0.794. The lowest BCUT2D eigenvalue weighted by molar-refractivity contribution is 0.172. The largest absolute Gasteiger partial charge is 0.310 e. The van der Waals surface area contributed by atoms with Crippen LogP contribution in [0.1, 0.15) is 40.5 Å². The van der Waals surface area contributed by atoms with Crippen LogP contribution in [0, 0.1) is 11.8 Å². The first kappa shape index (κ1) is 10.8. The minimum absolute atomic E-state index is 0.794. The Bertz CT molecular complexity index is 172. The van der Waals surface area contributed by atoms with Gasteiger partial charge < -0.3 is 5.32 Å². The Balaban J connectivity index is 2.05. The Kier molecular flexibility index (Phi) is 3.98. The van der Waals surface area contributed by atoms with Crippen LogP contribution in [-0.2, 0) is 0 Å². The van der Waals surface area contributed by atoms with Crippen LogP contribution < -0.4 is 5.32 Å². The predicted molar refractivity (Wildman–Crippen MR) is 58.8 cm³/mol. The van der Waals surface area contributed by atoms with Crippen LogP contribution in [0.2, 0.25) is 0 Å². The summed E-state index contributed by atoms with van der Waals surface area (Å²) in [4.78, 5) is 0. The van der Waals surface area contributed by atoms with Crippen molar-refractivity contribution in [3.8, 4) is 0 Å². The topological polar surface area (TPSA) is 12.0 Å². The average Bonchev–Trinajstić information content (AvgIpc) is 1.92. The maximum atomic E-state index is 3.56. The maximum Gasteiger partial charge on any atom is 0.0139 e. The van der Waals surface area contributed by atoms with E-state index in [0.717, 1.165) is 24.4 Å². The molecule has 0 radical (unpaired) electrons. The molecule has 0 aliphatic heterocycles. The SMILES string of the molecule is CC(C)=CCNC1CC(C(C)C)C1. The van der Waals surface area contributed by atoms with Crippen molar-refractivity contribution in [1.29, 1.82) is 0 Å². The lowest BCUT2D eigenvalue weighted by Gasteiger charge is -2.38. The Labute approximate surface area is 82.6 Å². The standard InChI is InChI=1S/C12H23N/c1-9(2)5-6-13-12-7-11(8-12)10(3)4/h5,10-13H,6-8H2,1-4H3. The molecule has 1 saturated carbocycles. The number of nitrogens with one attached hydrogen (secondary N) is 1. The third-order valence-corrected chi connectivity index (χ3v) is 3.03. The van der Waals surface area contributed by atoms with E-state index in [1.807, 2.05) is 0 Å². The van der Waals surface area contributed by atoms with Crippen molar-refractivity contribution < 1.29 is 0 Å². The van der Waals surface area contributed by atoms with Gasteiger partial charge in [0.15, 0.2) is 0 Å². The minimum atomic E-state index is 0.794. The molecule has 76 valence electrons. The Morgan fingerprint density at radius 2 is 2.00 bits per heavy atom. The molecule has 0 spiro atoms. The number of rotatable bonds is 4. The second-order valence-corrected chi connectivity index (χ2v) is 4.86. The zero-order valence-corrected chi connectivity index (χ0v) is 9.43. The van der Waals surface area contributed by atoms with Crippen LogP contribution in [0.3, 0.4) is 0 Å². The van der Waals surface area contributed by atoms with E-state index in [4.69, 9.17) is 0 Å². The van der Waals surface area contributed by atoms with Gasteiger partial charge in [-0.1, -0.05) is 25.5 Å². The fourth-order valence-corrected chi connectivity index (χ4v) is 1.80. The predicted octanol–water partition coefficient (Wildman–Crippen LogP) is 2.98.